The lowest BCUT2D eigenvalue weighted by Gasteiger charge is -2.44. The summed E-state index contributed by atoms with van der Waals surface area (Å²) in [4.78, 5) is 10.6. The molecule has 4 unspecified atom stereocenters. The smallest absolute Gasteiger partial charge is 0.160 e. The molecular weight excluding hydrogens is 733 g/mol. The molecule has 0 saturated carbocycles. The summed E-state index contributed by atoms with van der Waals surface area (Å²) in [5.74, 6) is 1.36. The number of nitrogens with zero attached hydrogens (tertiary/aromatic N) is 2. The van der Waals surface area contributed by atoms with Gasteiger partial charge in [-0.05, 0) is 77.9 Å². The number of thiophene rings is 1. The van der Waals surface area contributed by atoms with E-state index >= 15 is 0 Å². The van der Waals surface area contributed by atoms with Crippen LogP contribution in [0.5, 0.6) is 0 Å². The van der Waals surface area contributed by atoms with E-state index in [9.17, 15) is 0 Å². The summed E-state index contributed by atoms with van der Waals surface area (Å²) in [7, 11) is 0. The first kappa shape index (κ1) is 35.7. The topological polar surface area (TPSA) is 25.8 Å². The highest BCUT2D eigenvalue weighted by atomic mass is 32.1. The molecule has 0 bridgehead atoms. The Morgan fingerprint density at radius 1 is 0.593 bits per heavy atom. The predicted octanol–water partition coefficient (Wildman–Crippen LogP) is 14.5. The first-order valence-electron chi connectivity index (χ1n) is 20.8. The van der Waals surface area contributed by atoms with Crippen LogP contribution in [0.2, 0.25) is 0 Å². The summed E-state index contributed by atoms with van der Waals surface area (Å²) in [6.45, 7) is 7.06. The molecule has 0 fully saturated rings. The number of benzene rings is 6. The monoisotopic (exact) mass is 776 g/mol. The Balaban J connectivity index is 1.01. The molecule has 6 aromatic carbocycles. The first-order chi connectivity index (χ1) is 28.9. The van der Waals surface area contributed by atoms with Gasteiger partial charge in [0.25, 0.3) is 0 Å². The van der Waals surface area contributed by atoms with Crippen LogP contribution in [0.4, 0.5) is 0 Å². The third-order valence-electron chi connectivity index (χ3n) is 13.3. The molecule has 2 heterocycles. The van der Waals surface area contributed by atoms with E-state index in [1.54, 1.807) is 0 Å². The molecule has 0 spiro atoms. The van der Waals surface area contributed by atoms with Crippen LogP contribution >= 0.6 is 11.3 Å². The molecule has 3 aliphatic carbocycles. The Morgan fingerprint density at radius 2 is 1.31 bits per heavy atom. The third kappa shape index (κ3) is 5.67. The lowest BCUT2D eigenvalue weighted by Crippen LogP contribution is -2.38. The number of fused-ring (bicyclic) bond motifs is 6. The van der Waals surface area contributed by atoms with Crippen LogP contribution in [0.3, 0.4) is 0 Å². The molecule has 0 N–H and O–H groups in total. The van der Waals surface area contributed by atoms with Gasteiger partial charge in [-0.2, -0.15) is 0 Å². The van der Waals surface area contributed by atoms with Gasteiger partial charge in [0.15, 0.2) is 5.82 Å². The van der Waals surface area contributed by atoms with Crippen molar-refractivity contribution >= 4 is 31.5 Å². The standard InChI is InChI=1S/C56H44N2S/c1-36-16-7-11-24-46(36)56(48-25-12-8-21-42(48)43-22-9-13-26-49(43)56)47-30-31-55(3,35-37(47)2)41-20-15-19-40(32-41)54-57-50(38-17-5-4-6-18-38)34-51(58-54)39-28-29-45-44-23-10-14-27-52(44)59-53(45)33-39/h4-34,42,48H,35H2,1-3H3. The molecule has 4 atom stereocenters. The van der Waals surface area contributed by atoms with Gasteiger partial charge in [-0.25, -0.2) is 9.97 Å². The Morgan fingerprint density at radius 3 is 2.15 bits per heavy atom. The largest absolute Gasteiger partial charge is 0.228 e. The fraction of sp³-hybridized carbons (Fsp3) is 0.143. The molecule has 59 heavy (non-hydrogen) atoms. The normalized spacial score (nSPS) is 21.9. The maximum absolute atomic E-state index is 5.31. The van der Waals surface area contributed by atoms with Gasteiger partial charge in [-0.15, -0.1) is 11.3 Å². The summed E-state index contributed by atoms with van der Waals surface area (Å²) < 4.78 is 2.57. The van der Waals surface area contributed by atoms with E-state index in [1.165, 1.54) is 59.1 Å². The Labute approximate surface area is 350 Å². The van der Waals surface area contributed by atoms with Crippen molar-refractivity contribution in [1.29, 1.82) is 0 Å². The summed E-state index contributed by atoms with van der Waals surface area (Å²) >= 11 is 1.84. The van der Waals surface area contributed by atoms with E-state index in [4.69, 9.17) is 9.97 Å². The van der Waals surface area contributed by atoms with E-state index in [-0.39, 0.29) is 16.7 Å². The van der Waals surface area contributed by atoms with Gasteiger partial charge in [0.05, 0.1) is 16.8 Å². The fourth-order valence-electron chi connectivity index (χ4n) is 10.6. The molecule has 0 amide bonds. The Hall–Kier alpha value is -6.42. The van der Waals surface area contributed by atoms with Crippen molar-refractivity contribution in [3.05, 3.63) is 227 Å². The van der Waals surface area contributed by atoms with E-state index in [2.05, 4.69) is 209 Å². The second-order valence-electron chi connectivity index (χ2n) is 16.9. The molecule has 0 saturated heterocycles. The number of rotatable bonds is 6. The first-order valence-corrected chi connectivity index (χ1v) is 21.6. The van der Waals surface area contributed by atoms with Crippen LogP contribution in [0.25, 0.3) is 54.1 Å². The maximum Gasteiger partial charge on any atom is 0.160 e. The van der Waals surface area contributed by atoms with Gasteiger partial charge >= 0.3 is 0 Å². The van der Waals surface area contributed by atoms with Gasteiger partial charge in [0, 0.05) is 54.1 Å². The highest BCUT2D eigenvalue weighted by Crippen LogP contribution is 2.62. The number of hydrogen-bond donors (Lipinski definition) is 0. The minimum absolute atomic E-state index is 0.220. The second-order valence-corrected chi connectivity index (χ2v) is 18.0. The van der Waals surface area contributed by atoms with Crippen LogP contribution in [0, 0.1) is 12.8 Å². The number of aryl methyl sites for hydroxylation is 1. The summed E-state index contributed by atoms with van der Waals surface area (Å²) in [6, 6.07) is 55.3. The van der Waals surface area contributed by atoms with Crippen molar-refractivity contribution in [2.24, 2.45) is 5.92 Å². The molecule has 8 aromatic rings. The average molecular weight is 777 g/mol. The van der Waals surface area contributed by atoms with Crippen molar-refractivity contribution in [2.45, 2.75) is 43.9 Å². The lowest BCUT2D eigenvalue weighted by molar-refractivity contribution is 0.441. The predicted molar refractivity (Wildman–Crippen MR) is 248 cm³/mol. The molecule has 2 nitrogen and oxygen atoms in total. The van der Waals surface area contributed by atoms with E-state index in [0.717, 1.165) is 40.3 Å². The molecular formula is C56H44N2S. The summed E-state index contributed by atoms with van der Waals surface area (Å²) in [5.41, 5.74) is 14.3. The van der Waals surface area contributed by atoms with Gasteiger partial charge in [0.1, 0.15) is 0 Å². The number of hydrogen-bond acceptors (Lipinski definition) is 3. The molecule has 0 radical (unpaired) electrons. The summed E-state index contributed by atoms with van der Waals surface area (Å²) in [5, 5.41) is 2.59. The average Bonchev–Trinajstić information content (AvgIpc) is 3.80. The molecule has 3 aliphatic rings. The highest BCUT2D eigenvalue weighted by Gasteiger charge is 2.54. The highest BCUT2D eigenvalue weighted by molar-refractivity contribution is 7.25. The zero-order chi connectivity index (χ0) is 39.7. The molecule has 11 rings (SSSR count). The Bertz CT molecular complexity index is 3090. The molecule has 2 aromatic heterocycles. The van der Waals surface area contributed by atoms with Gasteiger partial charge < -0.3 is 0 Å². The van der Waals surface area contributed by atoms with Crippen molar-refractivity contribution in [3.63, 3.8) is 0 Å². The minimum atomic E-state index is -0.293. The quantitative estimate of drug-likeness (QED) is 0.168. The van der Waals surface area contributed by atoms with Gasteiger partial charge in [0.2, 0.25) is 0 Å². The van der Waals surface area contributed by atoms with Crippen LogP contribution in [-0.2, 0) is 10.8 Å². The number of allylic oxidation sites excluding steroid dienone is 8. The minimum Gasteiger partial charge on any atom is -0.228 e. The van der Waals surface area contributed by atoms with Crippen LogP contribution in [0.15, 0.2) is 199 Å². The van der Waals surface area contributed by atoms with Crippen LogP contribution in [0.1, 0.15) is 54.0 Å². The fourth-order valence-corrected chi connectivity index (χ4v) is 11.8. The molecule has 0 aliphatic heterocycles. The van der Waals surface area contributed by atoms with Crippen LogP contribution < -0.4 is 0 Å². The SMILES string of the molecule is CC1=C(C2(c3ccccc3C)c3ccccc3C3C=CC=CC32)C=CC(C)(c2cccc(-c3nc(-c4ccccc4)cc(-c4ccc5c(c4)sc4ccccc45)n3)c2)C1. The van der Waals surface area contributed by atoms with Gasteiger partial charge in [-0.3, -0.25) is 0 Å². The van der Waals surface area contributed by atoms with Crippen molar-refractivity contribution in [2.75, 3.05) is 0 Å². The molecule has 3 heteroatoms. The van der Waals surface area contributed by atoms with Crippen LogP contribution in [-0.4, -0.2) is 9.97 Å². The van der Waals surface area contributed by atoms with E-state index < -0.39 is 0 Å². The van der Waals surface area contributed by atoms with Crippen molar-refractivity contribution in [1.82, 2.24) is 9.97 Å². The third-order valence-corrected chi connectivity index (χ3v) is 14.5. The maximum atomic E-state index is 5.31. The van der Waals surface area contributed by atoms with Crippen molar-refractivity contribution in [3.8, 4) is 33.9 Å². The van der Waals surface area contributed by atoms with E-state index in [1.807, 2.05) is 11.3 Å². The zero-order valence-corrected chi connectivity index (χ0v) is 34.4. The molecule has 284 valence electrons. The van der Waals surface area contributed by atoms with E-state index in [0.29, 0.717) is 5.92 Å². The second kappa shape index (κ2) is 13.9. The summed E-state index contributed by atoms with van der Waals surface area (Å²) in [6.07, 6.45) is 15.3. The Kier molecular flexibility index (Phi) is 8.39. The zero-order valence-electron chi connectivity index (χ0n) is 33.6. The van der Waals surface area contributed by atoms with Gasteiger partial charge in [-0.1, -0.05) is 176 Å². The van der Waals surface area contributed by atoms with Crippen molar-refractivity contribution < 1.29 is 0 Å². The lowest BCUT2D eigenvalue weighted by atomic mass is 9.58. The number of aromatic nitrogens is 2.